The third kappa shape index (κ3) is 1.89. The number of rotatable bonds is 2. The molecule has 0 saturated carbocycles. The molecule has 86 valence electrons. The van der Waals surface area contributed by atoms with Gasteiger partial charge in [0.05, 0.1) is 5.02 Å². The molecule has 0 aliphatic carbocycles. The number of anilines is 1. The van der Waals surface area contributed by atoms with E-state index in [1.54, 1.807) is 6.20 Å². The number of fused-ring (bicyclic) bond motifs is 1. The third-order valence-corrected chi connectivity index (χ3v) is 3.89. The lowest BCUT2D eigenvalue weighted by Crippen LogP contribution is -2.33. The number of halogens is 1. The van der Waals surface area contributed by atoms with E-state index in [9.17, 15) is 0 Å². The topological polar surface area (TPSA) is 28.2 Å². The second-order valence-electron chi connectivity index (χ2n) is 4.65. The molecular formula is C12H16ClN3. The van der Waals surface area contributed by atoms with Gasteiger partial charge in [-0.15, -0.1) is 0 Å². The Morgan fingerprint density at radius 3 is 3.06 bits per heavy atom. The van der Waals surface area contributed by atoms with Crippen molar-refractivity contribution in [2.24, 2.45) is 0 Å². The molecule has 4 heteroatoms. The molecular weight excluding hydrogens is 222 g/mol. The Hall–Kier alpha value is -0.800. The SMILES string of the molecule is Clc1ccc(NC2CCN3CCCC23)nc1. The highest BCUT2D eigenvalue weighted by atomic mass is 35.5. The molecule has 0 aromatic carbocycles. The molecule has 0 radical (unpaired) electrons. The molecule has 3 heterocycles. The Morgan fingerprint density at radius 2 is 2.25 bits per heavy atom. The summed E-state index contributed by atoms with van der Waals surface area (Å²) in [6.45, 7) is 2.51. The Balaban J connectivity index is 1.68. The summed E-state index contributed by atoms with van der Waals surface area (Å²) in [7, 11) is 0. The van der Waals surface area contributed by atoms with Crippen LogP contribution in [-0.2, 0) is 0 Å². The molecule has 16 heavy (non-hydrogen) atoms. The first kappa shape index (κ1) is 10.4. The summed E-state index contributed by atoms with van der Waals surface area (Å²) in [6, 6.07) is 5.13. The number of nitrogens with one attached hydrogen (secondary N) is 1. The van der Waals surface area contributed by atoms with Gasteiger partial charge in [0.15, 0.2) is 0 Å². The average molecular weight is 238 g/mol. The van der Waals surface area contributed by atoms with Crippen molar-refractivity contribution in [2.45, 2.75) is 31.3 Å². The normalized spacial score (nSPS) is 29.3. The van der Waals surface area contributed by atoms with E-state index >= 15 is 0 Å². The molecule has 3 nitrogen and oxygen atoms in total. The van der Waals surface area contributed by atoms with E-state index in [0.29, 0.717) is 11.1 Å². The lowest BCUT2D eigenvalue weighted by Gasteiger charge is -2.21. The first-order valence-corrected chi connectivity index (χ1v) is 6.33. The summed E-state index contributed by atoms with van der Waals surface area (Å²) in [5.74, 6) is 0.947. The summed E-state index contributed by atoms with van der Waals surface area (Å²) >= 11 is 5.82. The van der Waals surface area contributed by atoms with Crippen molar-refractivity contribution in [3.05, 3.63) is 23.4 Å². The van der Waals surface area contributed by atoms with Gasteiger partial charge in [0.2, 0.25) is 0 Å². The molecule has 1 aromatic heterocycles. The summed E-state index contributed by atoms with van der Waals surface area (Å²) in [5.41, 5.74) is 0. The molecule has 0 spiro atoms. The monoisotopic (exact) mass is 237 g/mol. The number of hydrogen-bond acceptors (Lipinski definition) is 3. The average Bonchev–Trinajstić information content (AvgIpc) is 2.86. The first-order valence-electron chi connectivity index (χ1n) is 5.95. The third-order valence-electron chi connectivity index (χ3n) is 3.67. The fourth-order valence-corrected chi connectivity index (χ4v) is 3.01. The molecule has 2 atom stereocenters. The fraction of sp³-hybridized carbons (Fsp3) is 0.583. The van der Waals surface area contributed by atoms with Crippen molar-refractivity contribution in [1.29, 1.82) is 0 Å². The number of pyridine rings is 1. The van der Waals surface area contributed by atoms with Gasteiger partial charge < -0.3 is 5.32 Å². The van der Waals surface area contributed by atoms with Crippen LogP contribution in [0, 0.1) is 0 Å². The second kappa shape index (κ2) is 4.22. The van der Waals surface area contributed by atoms with Crippen molar-refractivity contribution < 1.29 is 0 Å². The largest absolute Gasteiger partial charge is 0.366 e. The van der Waals surface area contributed by atoms with E-state index in [0.717, 1.165) is 11.9 Å². The standard InChI is InChI=1S/C12H16ClN3/c13-9-3-4-12(14-8-9)15-10-5-7-16-6-1-2-11(10)16/h3-4,8,10-11H,1-2,5-7H2,(H,14,15). The van der Waals surface area contributed by atoms with Crippen molar-refractivity contribution in [1.82, 2.24) is 9.88 Å². The minimum atomic E-state index is 0.566. The highest BCUT2D eigenvalue weighted by molar-refractivity contribution is 6.30. The number of hydrogen-bond donors (Lipinski definition) is 1. The minimum Gasteiger partial charge on any atom is -0.366 e. The molecule has 2 fully saturated rings. The fourth-order valence-electron chi connectivity index (χ4n) is 2.90. The zero-order chi connectivity index (χ0) is 11.0. The van der Waals surface area contributed by atoms with Crippen LogP contribution in [0.3, 0.4) is 0 Å². The second-order valence-corrected chi connectivity index (χ2v) is 5.08. The molecule has 3 rings (SSSR count). The maximum Gasteiger partial charge on any atom is 0.126 e. The molecule has 0 bridgehead atoms. The van der Waals surface area contributed by atoms with Crippen LogP contribution in [0.2, 0.25) is 5.02 Å². The van der Waals surface area contributed by atoms with Gasteiger partial charge in [-0.2, -0.15) is 0 Å². The highest BCUT2D eigenvalue weighted by Crippen LogP contribution is 2.29. The maximum absolute atomic E-state index is 5.82. The van der Waals surface area contributed by atoms with Crippen LogP contribution < -0.4 is 5.32 Å². The van der Waals surface area contributed by atoms with E-state index in [2.05, 4.69) is 15.2 Å². The number of nitrogens with zero attached hydrogens (tertiary/aromatic N) is 2. The minimum absolute atomic E-state index is 0.566. The van der Waals surface area contributed by atoms with Crippen molar-refractivity contribution in [3.63, 3.8) is 0 Å². The van der Waals surface area contributed by atoms with E-state index < -0.39 is 0 Å². The van der Waals surface area contributed by atoms with Gasteiger partial charge in [0.1, 0.15) is 5.82 Å². The Kier molecular flexibility index (Phi) is 2.74. The first-order chi connectivity index (χ1) is 7.83. The molecule has 0 amide bonds. The van der Waals surface area contributed by atoms with Crippen molar-refractivity contribution >= 4 is 17.4 Å². The number of aromatic nitrogens is 1. The zero-order valence-electron chi connectivity index (χ0n) is 9.19. The summed E-state index contributed by atoms with van der Waals surface area (Å²) in [6.07, 6.45) is 5.60. The van der Waals surface area contributed by atoms with Gasteiger partial charge in [0, 0.05) is 24.8 Å². The Bertz CT molecular complexity index is 365. The van der Waals surface area contributed by atoms with Gasteiger partial charge in [-0.25, -0.2) is 4.98 Å². The van der Waals surface area contributed by atoms with E-state index in [1.165, 1.54) is 32.4 Å². The van der Waals surface area contributed by atoms with Crippen LogP contribution in [0.4, 0.5) is 5.82 Å². The zero-order valence-corrected chi connectivity index (χ0v) is 9.95. The van der Waals surface area contributed by atoms with Crippen LogP contribution in [0.15, 0.2) is 18.3 Å². The quantitative estimate of drug-likeness (QED) is 0.856. The van der Waals surface area contributed by atoms with Crippen LogP contribution in [0.1, 0.15) is 19.3 Å². The molecule has 2 saturated heterocycles. The van der Waals surface area contributed by atoms with Gasteiger partial charge in [0.25, 0.3) is 0 Å². The summed E-state index contributed by atoms with van der Waals surface area (Å²) < 4.78 is 0. The molecule has 2 aliphatic rings. The molecule has 1 aromatic rings. The smallest absolute Gasteiger partial charge is 0.126 e. The van der Waals surface area contributed by atoms with Gasteiger partial charge >= 0.3 is 0 Å². The summed E-state index contributed by atoms with van der Waals surface area (Å²) in [5, 5.41) is 4.22. The van der Waals surface area contributed by atoms with Gasteiger partial charge in [-0.05, 0) is 37.9 Å². The van der Waals surface area contributed by atoms with Crippen molar-refractivity contribution in [2.75, 3.05) is 18.4 Å². The highest BCUT2D eigenvalue weighted by Gasteiger charge is 2.36. The Labute approximate surface area is 101 Å². The van der Waals surface area contributed by atoms with E-state index in [1.807, 2.05) is 12.1 Å². The van der Waals surface area contributed by atoms with E-state index in [-0.39, 0.29) is 0 Å². The van der Waals surface area contributed by atoms with Gasteiger partial charge in [-0.1, -0.05) is 11.6 Å². The molecule has 1 N–H and O–H groups in total. The lowest BCUT2D eigenvalue weighted by molar-refractivity contribution is 0.318. The van der Waals surface area contributed by atoms with Crippen LogP contribution in [0.5, 0.6) is 0 Å². The summed E-state index contributed by atoms with van der Waals surface area (Å²) in [4.78, 5) is 6.89. The Morgan fingerprint density at radius 1 is 1.31 bits per heavy atom. The molecule has 2 aliphatic heterocycles. The van der Waals surface area contributed by atoms with Crippen LogP contribution in [0.25, 0.3) is 0 Å². The predicted molar refractivity (Wildman–Crippen MR) is 65.9 cm³/mol. The van der Waals surface area contributed by atoms with Crippen LogP contribution >= 0.6 is 11.6 Å². The maximum atomic E-state index is 5.82. The van der Waals surface area contributed by atoms with E-state index in [4.69, 9.17) is 11.6 Å². The van der Waals surface area contributed by atoms with Crippen molar-refractivity contribution in [3.8, 4) is 0 Å². The predicted octanol–water partition coefficient (Wildman–Crippen LogP) is 2.38. The van der Waals surface area contributed by atoms with Gasteiger partial charge in [-0.3, -0.25) is 4.90 Å². The lowest BCUT2D eigenvalue weighted by atomic mass is 10.1. The molecule has 2 unspecified atom stereocenters. The van der Waals surface area contributed by atoms with Crippen LogP contribution in [-0.4, -0.2) is 35.1 Å².